The van der Waals surface area contributed by atoms with Crippen molar-refractivity contribution in [3.63, 3.8) is 0 Å². The number of likely N-dealkylation sites (tertiary alicyclic amines) is 1. The van der Waals surface area contributed by atoms with Crippen LogP contribution in [-0.2, 0) is 0 Å². The minimum Gasteiger partial charge on any atom is -0.395 e. The number of aliphatic hydroxyl groups is 1. The molecule has 0 spiro atoms. The molecule has 0 aliphatic carbocycles. The molecule has 4 nitrogen and oxygen atoms in total. The molecule has 0 aromatic rings. The quantitative estimate of drug-likeness (QED) is 0.688. The van der Waals surface area contributed by atoms with Gasteiger partial charge in [-0.15, -0.1) is 0 Å². The van der Waals surface area contributed by atoms with E-state index in [0.29, 0.717) is 18.6 Å². The summed E-state index contributed by atoms with van der Waals surface area (Å²) in [7, 11) is 2.19. The molecule has 4 heteroatoms. The molecular formula is C12H25N3O. The van der Waals surface area contributed by atoms with Crippen molar-refractivity contribution in [3.8, 4) is 0 Å². The lowest BCUT2D eigenvalue weighted by Crippen LogP contribution is -2.54. The monoisotopic (exact) mass is 227 g/mol. The maximum Gasteiger partial charge on any atom is 0.0590 e. The van der Waals surface area contributed by atoms with Gasteiger partial charge in [0.1, 0.15) is 0 Å². The zero-order chi connectivity index (χ0) is 11.4. The molecule has 0 aromatic heterocycles. The Hall–Kier alpha value is -0.160. The van der Waals surface area contributed by atoms with Gasteiger partial charge in [0.05, 0.1) is 6.61 Å². The first-order chi connectivity index (χ1) is 7.81. The van der Waals surface area contributed by atoms with Gasteiger partial charge in [-0.25, -0.2) is 0 Å². The van der Waals surface area contributed by atoms with E-state index in [0.717, 1.165) is 32.7 Å². The molecule has 2 N–H and O–H groups in total. The molecule has 0 saturated carbocycles. The van der Waals surface area contributed by atoms with Crippen molar-refractivity contribution < 1.29 is 5.11 Å². The fraction of sp³-hybridized carbons (Fsp3) is 1.00. The van der Waals surface area contributed by atoms with E-state index < -0.39 is 0 Å². The maximum absolute atomic E-state index is 9.64. The first-order valence-electron chi connectivity index (χ1n) is 6.55. The Bertz CT molecular complexity index is 206. The molecule has 2 unspecified atom stereocenters. The van der Waals surface area contributed by atoms with Crippen molar-refractivity contribution >= 4 is 0 Å². The lowest BCUT2D eigenvalue weighted by atomic mass is 9.90. The molecule has 94 valence electrons. The van der Waals surface area contributed by atoms with Gasteiger partial charge >= 0.3 is 0 Å². The van der Waals surface area contributed by atoms with E-state index in [1.807, 2.05) is 0 Å². The van der Waals surface area contributed by atoms with E-state index in [1.165, 1.54) is 19.4 Å². The van der Waals surface area contributed by atoms with Crippen molar-refractivity contribution in [2.45, 2.75) is 18.9 Å². The van der Waals surface area contributed by atoms with Crippen LogP contribution in [0.4, 0.5) is 0 Å². The zero-order valence-electron chi connectivity index (χ0n) is 10.4. The van der Waals surface area contributed by atoms with Crippen molar-refractivity contribution in [1.29, 1.82) is 0 Å². The van der Waals surface area contributed by atoms with Gasteiger partial charge in [-0.2, -0.15) is 0 Å². The number of piperidine rings is 1. The molecule has 16 heavy (non-hydrogen) atoms. The van der Waals surface area contributed by atoms with Gasteiger partial charge in [0.15, 0.2) is 0 Å². The third kappa shape index (κ3) is 2.94. The van der Waals surface area contributed by atoms with Crippen LogP contribution in [0.15, 0.2) is 0 Å². The molecule has 2 fully saturated rings. The number of nitrogens with zero attached hydrogens (tertiary/aromatic N) is 2. The highest BCUT2D eigenvalue weighted by Crippen LogP contribution is 2.22. The van der Waals surface area contributed by atoms with Crippen molar-refractivity contribution in [3.05, 3.63) is 0 Å². The van der Waals surface area contributed by atoms with Crippen LogP contribution in [0.25, 0.3) is 0 Å². The van der Waals surface area contributed by atoms with Crippen LogP contribution in [-0.4, -0.2) is 73.9 Å². The lowest BCUT2D eigenvalue weighted by molar-refractivity contribution is 0.0406. The van der Waals surface area contributed by atoms with E-state index >= 15 is 0 Å². The van der Waals surface area contributed by atoms with Crippen LogP contribution in [0.1, 0.15) is 12.8 Å². The maximum atomic E-state index is 9.64. The molecular weight excluding hydrogens is 202 g/mol. The highest BCUT2D eigenvalue weighted by atomic mass is 16.3. The van der Waals surface area contributed by atoms with Crippen LogP contribution in [0, 0.1) is 5.92 Å². The van der Waals surface area contributed by atoms with Gasteiger partial charge in [0.2, 0.25) is 0 Å². The van der Waals surface area contributed by atoms with Crippen LogP contribution in [0.2, 0.25) is 0 Å². The second-order valence-electron chi connectivity index (χ2n) is 5.20. The molecule has 2 aliphatic heterocycles. The number of hydrogen-bond acceptors (Lipinski definition) is 4. The summed E-state index contributed by atoms with van der Waals surface area (Å²) in [5.41, 5.74) is 0. The first-order valence-corrected chi connectivity index (χ1v) is 6.55. The highest BCUT2D eigenvalue weighted by molar-refractivity contribution is 4.85. The van der Waals surface area contributed by atoms with Crippen molar-refractivity contribution in [1.82, 2.24) is 15.1 Å². The topological polar surface area (TPSA) is 38.7 Å². The van der Waals surface area contributed by atoms with Crippen LogP contribution >= 0.6 is 0 Å². The van der Waals surface area contributed by atoms with E-state index in [-0.39, 0.29) is 0 Å². The Labute approximate surface area is 98.6 Å². The summed E-state index contributed by atoms with van der Waals surface area (Å²) in [4.78, 5) is 4.87. The van der Waals surface area contributed by atoms with Gasteiger partial charge in [-0.3, -0.25) is 4.90 Å². The molecule has 0 radical (unpaired) electrons. The molecule has 2 saturated heterocycles. The van der Waals surface area contributed by atoms with E-state index in [1.54, 1.807) is 0 Å². The number of piperazine rings is 1. The zero-order valence-corrected chi connectivity index (χ0v) is 10.4. The molecule has 2 atom stereocenters. The molecule has 0 bridgehead atoms. The number of nitrogens with one attached hydrogen (secondary N) is 1. The Morgan fingerprint density at radius 2 is 2.06 bits per heavy atom. The van der Waals surface area contributed by atoms with Gasteiger partial charge in [-0.05, 0) is 32.4 Å². The number of hydrogen-bond donors (Lipinski definition) is 2. The van der Waals surface area contributed by atoms with Crippen LogP contribution < -0.4 is 5.32 Å². The summed E-state index contributed by atoms with van der Waals surface area (Å²) in [6.45, 7) is 7.00. The largest absolute Gasteiger partial charge is 0.395 e. The Balaban J connectivity index is 1.91. The van der Waals surface area contributed by atoms with E-state index in [4.69, 9.17) is 0 Å². The number of rotatable bonds is 3. The van der Waals surface area contributed by atoms with Gasteiger partial charge in [-0.1, -0.05) is 0 Å². The Morgan fingerprint density at radius 1 is 1.31 bits per heavy atom. The predicted octanol–water partition coefficient (Wildman–Crippen LogP) is -0.406. The summed E-state index contributed by atoms with van der Waals surface area (Å²) in [6.07, 6.45) is 2.56. The van der Waals surface area contributed by atoms with E-state index in [9.17, 15) is 5.11 Å². The second-order valence-corrected chi connectivity index (χ2v) is 5.20. The van der Waals surface area contributed by atoms with Crippen LogP contribution in [0.5, 0.6) is 0 Å². The van der Waals surface area contributed by atoms with Crippen molar-refractivity contribution in [2.24, 2.45) is 5.92 Å². The molecule has 0 amide bonds. The third-order valence-electron chi connectivity index (χ3n) is 4.01. The standard InChI is InChI=1S/C12H25N3O/c1-14-6-2-3-11(9-14)12(10-16)15-7-4-13-5-8-15/h11-13,16H,2-10H2,1H3. The summed E-state index contributed by atoms with van der Waals surface area (Å²) in [6, 6.07) is 0.379. The summed E-state index contributed by atoms with van der Waals surface area (Å²) < 4.78 is 0. The average Bonchev–Trinajstić information content (AvgIpc) is 2.31. The molecule has 0 aromatic carbocycles. The Morgan fingerprint density at radius 3 is 2.69 bits per heavy atom. The fourth-order valence-corrected chi connectivity index (χ4v) is 3.10. The second kappa shape index (κ2) is 5.96. The minimum absolute atomic E-state index is 0.318. The lowest BCUT2D eigenvalue weighted by Gasteiger charge is -2.41. The van der Waals surface area contributed by atoms with Gasteiger partial charge < -0.3 is 15.3 Å². The Kier molecular flexibility index (Phi) is 4.58. The third-order valence-corrected chi connectivity index (χ3v) is 4.01. The van der Waals surface area contributed by atoms with Gasteiger partial charge in [0.25, 0.3) is 0 Å². The number of aliphatic hydroxyl groups excluding tert-OH is 1. The average molecular weight is 227 g/mol. The summed E-state index contributed by atoms with van der Waals surface area (Å²) in [5, 5.41) is 13.0. The minimum atomic E-state index is 0.318. The predicted molar refractivity (Wildman–Crippen MR) is 65.5 cm³/mol. The molecule has 2 aliphatic rings. The van der Waals surface area contributed by atoms with E-state index in [2.05, 4.69) is 22.2 Å². The van der Waals surface area contributed by atoms with Crippen molar-refractivity contribution in [2.75, 3.05) is 52.9 Å². The summed E-state index contributed by atoms with van der Waals surface area (Å²) >= 11 is 0. The normalized spacial score (nSPS) is 31.5. The smallest absolute Gasteiger partial charge is 0.0590 e. The highest BCUT2D eigenvalue weighted by Gasteiger charge is 2.30. The fourth-order valence-electron chi connectivity index (χ4n) is 3.10. The van der Waals surface area contributed by atoms with Gasteiger partial charge in [0, 0.05) is 38.8 Å². The SMILES string of the molecule is CN1CCCC(C(CO)N2CCNCC2)C1. The first kappa shape index (κ1) is 12.3. The van der Waals surface area contributed by atoms with Crippen LogP contribution in [0.3, 0.4) is 0 Å². The molecule has 2 rings (SSSR count). The molecule has 2 heterocycles. The summed E-state index contributed by atoms with van der Waals surface area (Å²) in [5.74, 6) is 0.654.